The van der Waals surface area contributed by atoms with Crippen LogP contribution >= 0.6 is 0 Å². The Hall–Kier alpha value is -3.41. The van der Waals surface area contributed by atoms with Gasteiger partial charge in [0, 0.05) is 11.8 Å². The van der Waals surface area contributed by atoms with Crippen molar-refractivity contribution < 1.29 is 9.53 Å². The zero-order chi connectivity index (χ0) is 19.4. The molecule has 0 atom stereocenters. The molecule has 3 aromatic rings. The van der Waals surface area contributed by atoms with Crippen molar-refractivity contribution in [2.75, 3.05) is 17.7 Å². The minimum atomic E-state index is -0.325. The number of aryl methyl sites for hydroxylation is 3. The molecule has 6 heteroatoms. The number of hydrogen-bond donors (Lipinski definition) is 2. The Kier molecular flexibility index (Phi) is 5.35. The summed E-state index contributed by atoms with van der Waals surface area (Å²) in [7, 11) is 1.56. The van der Waals surface area contributed by atoms with Gasteiger partial charge in [-0.25, -0.2) is 9.97 Å². The third-order valence-corrected chi connectivity index (χ3v) is 4.08. The van der Waals surface area contributed by atoms with Gasteiger partial charge in [-0.1, -0.05) is 24.3 Å². The smallest absolute Gasteiger partial charge is 0.274 e. The molecule has 0 aliphatic heterocycles. The number of rotatable bonds is 5. The average Bonchev–Trinajstić information content (AvgIpc) is 2.64. The van der Waals surface area contributed by atoms with Crippen LogP contribution in [-0.4, -0.2) is 23.0 Å². The van der Waals surface area contributed by atoms with Gasteiger partial charge in [0.1, 0.15) is 23.1 Å². The number of amides is 1. The van der Waals surface area contributed by atoms with Crippen LogP contribution in [0.3, 0.4) is 0 Å². The second-order valence-electron chi connectivity index (χ2n) is 6.28. The molecule has 6 nitrogen and oxygen atoms in total. The number of ether oxygens (including phenoxy) is 1. The SMILES string of the molecule is COc1ccccc1NC(=O)c1cc(Nc2cc(C)ccc2C)nc(C)n1. The van der Waals surface area contributed by atoms with Gasteiger partial charge in [0.2, 0.25) is 0 Å². The number of anilines is 3. The van der Waals surface area contributed by atoms with Crippen LogP contribution in [0.4, 0.5) is 17.2 Å². The fraction of sp³-hybridized carbons (Fsp3) is 0.190. The normalized spacial score (nSPS) is 10.4. The van der Waals surface area contributed by atoms with E-state index >= 15 is 0 Å². The lowest BCUT2D eigenvalue weighted by atomic mass is 10.1. The first-order valence-corrected chi connectivity index (χ1v) is 8.60. The summed E-state index contributed by atoms with van der Waals surface area (Å²) in [4.78, 5) is 21.3. The summed E-state index contributed by atoms with van der Waals surface area (Å²) < 4.78 is 5.27. The van der Waals surface area contributed by atoms with E-state index in [1.807, 2.05) is 38.1 Å². The Morgan fingerprint density at radius 3 is 2.52 bits per heavy atom. The van der Waals surface area contributed by atoms with E-state index in [0.717, 1.165) is 16.8 Å². The minimum absolute atomic E-state index is 0.279. The second kappa shape index (κ2) is 7.86. The maximum Gasteiger partial charge on any atom is 0.274 e. The number of nitrogens with one attached hydrogen (secondary N) is 2. The van der Waals surface area contributed by atoms with Gasteiger partial charge in [-0.15, -0.1) is 0 Å². The number of aromatic nitrogens is 2. The first-order chi connectivity index (χ1) is 13.0. The molecule has 0 spiro atoms. The monoisotopic (exact) mass is 362 g/mol. The van der Waals surface area contributed by atoms with Crippen LogP contribution in [0.25, 0.3) is 0 Å². The van der Waals surface area contributed by atoms with Crippen molar-refractivity contribution in [2.24, 2.45) is 0 Å². The average molecular weight is 362 g/mol. The lowest BCUT2D eigenvalue weighted by Gasteiger charge is -2.12. The molecule has 27 heavy (non-hydrogen) atoms. The van der Waals surface area contributed by atoms with E-state index in [0.29, 0.717) is 23.1 Å². The maximum atomic E-state index is 12.7. The zero-order valence-corrected chi connectivity index (χ0v) is 15.8. The summed E-state index contributed by atoms with van der Waals surface area (Å²) in [6.45, 7) is 5.81. The maximum absolute atomic E-state index is 12.7. The van der Waals surface area contributed by atoms with Crippen molar-refractivity contribution in [1.29, 1.82) is 0 Å². The Balaban J connectivity index is 1.86. The van der Waals surface area contributed by atoms with Crippen molar-refractivity contribution in [2.45, 2.75) is 20.8 Å². The van der Waals surface area contributed by atoms with Gasteiger partial charge in [-0.2, -0.15) is 0 Å². The summed E-state index contributed by atoms with van der Waals surface area (Å²) >= 11 is 0. The van der Waals surface area contributed by atoms with Gasteiger partial charge in [0.05, 0.1) is 12.8 Å². The summed E-state index contributed by atoms with van der Waals surface area (Å²) in [5, 5.41) is 6.11. The second-order valence-corrected chi connectivity index (χ2v) is 6.28. The van der Waals surface area contributed by atoms with Gasteiger partial charge in [-0.05, 0) is 50.1 Å². The fourth-order valence-electron chi connectivity index (χ4n) is 2.69. The van der Waals surface area contributed by atoms with Crippen LogP contribution in [0.15, 0.2) is 48.5 Å². The highest BCUT2D eigenvalue weighted by Gasteiger charge is 2.13. The van der Waals surface area contributed by atoms with Gasteiger partial charge < -0.3 is 15.4 Å². The number of para-hydroxylation sites is 2. The number of methoxy groups -OCH3 is 1. The molecule has 0 bridgehead atoms. The summed E-state index contributed by atoms with van der Waals surface area (Å²) in [6, 6.07) is 15.0. The zero-order valence-electron chi connectivity index (χ0n) is 15.8. The van der Waals surface area contributed by atoms with Crippen LogP contribution in [0.5, 0.6) is 5.75 Å². The Morgan fingerprint density at radius 1 is 0.963 bits per heavy atom. The third kappa shape index (κ3) is 4.41. The molecule has 2 aromatic carbocycles. The molecule has 0 aliphatic carbocycles. The van der Waals surface area contributed by atoms with Crippen molar-refractivity contribution in [3.8, 4) is 5.75 Å². The molecule has 1 heterocycles. The Bertz CT molecular complexity index is 986. The molecule has 0 saturated heterocycles. The molecule has 1 amide bonds. The Labute approximate surface area is 158 Å². The molecule has 0 unspecified atom stereocenters. The highest BCUT2D eigenvalue weighted by atomic mass is 16.5. The lowest BCUT2D eigenvalue weighted by Crippen LogP contribution is -2.16. The lowest BCUT2D eigenvalue weighted by molar-refractivity contribution is 0.102. The van der Waals surface area contributed by atoms with E-state index in [-0.39, 0.29) is 11.6 Å². The van der Waals surface area contributed by atoms with Crippen LogP contribution in [-0.2, 0) is 0 Å². The minimum Gasteiger partial charge on any atom is -0.495 e. The van der Waals surface area contributed by atoms with Crippen LogP contribution in [0.2, 0.25) is 0 Å². The van der Waals surface area contributed by atoms with Gasteiger partial charge in [0.15, 0.2) is 0 Å². The van der Waals surface area contributed by atoms with Crippen LogP contribution in [0, 0.1) is 20.8 Å². The molecule has 0 radical (unpaired) electrons. The highest BCUT2D eigenvalue weighted by Crippen LogP contribution is 2.24. The fourth-order valence-corrected chi connectivity index (χ4v) is 2.69. The van der Waals surface area contributed by atoms with E-state index in [1.54, 1.807) is 32.2 Å². The molecule has 0 fully saturated rings. The molecule has 3 rings (SSSR count). The van der Waals surface area contributed by atoms with E-state index < -0.39 is 0 Å². The predicted octanol–water partition coefficient (Wildman–Crippen LogP) is 4.41. The van der Waals surface area contributed by atoms with E-state index in [9.17, 15) is 4.79 Å². The van der Waals surface area contributed by atoms with Crippen molar-refractivity contribution >= 4 is 23.1 Å². The number of benzene rings is 2. The van der Waals surface area contributed by atoms with Crippen molar-refractivity contribution in [1.82, 2.24) is 9.97 Å². The molecule has 1 aromatic heterocycles. The number of hydrogen-bond acceptors (Lipinski definition) is 5. The molecule has 0 saturated carbocycles. The van der Waals surface area contributed by atoms with Gasteiger partial charge in [-0.3, -0.25) is 4.79 Å². The molecule has 138 valence electrons. The van der Waals surface area contributed by atoms with Crippen molar-refractivity contribution in [3.63, 3.8) is 0 Å². The number of carbonyl (C=O) groups is 1. The summed E-state index contributed by atoms with van der Waals surface area (Å²) in [5.41, 5.74) is 4.05. The predicted molar refractivity (Wildman–Crippen MR) is 107 cm³/mol. The summed E-state index contributed by atoms with van der Waals surface area (Å²) in [5.74, 6) is 1.34. The molecule has 0 aliphatic rings. The highest BCUT2D eigenvalue weighted by molar-refractivity contribution is 6.04. The van der Waals surface area contributed by atoms with Gasteiger partial charge >= 0.3 is 0 Å². The van der Waals surface area contributed by atoms with Crippen molar-refractivity contribution in [3.05, 3.63) is 71.2 Å². The Morgan fingerprint density at radius 2 is 1.74 bits per heavy atom. The van der Waals surface area contributed by atoms with Crippen LogP contribution < -0.4 is 15.4 Å². The van der Waals surface area contributed by atoms with Gasteiger partial charge in [0.25, 0.3) is 5.91 Å². The first kappa shape index (κ1) is 18.4. The largest absolute Gasteiger partial charge is 0.495 e. The van der Waals surface area contributed by atoms with Crippen LogP contribution in [0.1, 0.15) is 27.4 Å². The van der Waals surface area contributed by atoms with E-state index in [4.69, 9.17) is 4.74 Å². The molecular weight excluding hydrogens is 340 g/mol. The third-order valence-electron chi connectivity index (χ3n) is 4.08. The topological polar surface area (TPSA) is 76.1 Å². The quantitative estimate of drug-likeness (QED) is 0.703. The van der Waals surface area contributed by atoms with E-state index in [2.05, 4.69) is 26.7 Å². The standard InChI is InChI=1S/C21H22N4O2/c1-13-9-10-14(2)17(11-13)24-20-12-18(22-15(3)23-20)21(26)25-16-7-5-6-8-19(16)27-4/h5-12H,1-4H3,(H,25,26)(H,22,23,24). The molecule has 2 N–H and O–H groups in total. The molecular formula is C21H22N4O2. The first-order valence-electron chi connectivity index (χ1n) is 8.60. The number of nitrogens with zero attached hydrogens (tertiary/aromatic N) is 2. The number of carbonyl (C=O) groups excluding carboxylic acids is 1. The van der Waals surface area contributed by atoms with E-state index in [1.165, 1.54) is 0 Å². The summed E-state index contributed by atoms with van der Waals surface area (Å²) in [6.07, 6.45) is 0.